The van der Waals surface area contributed by atoms with Gasteiger partial charge in [-0.25, -0.2) is 14.5 Å². The summed E-state index contributed by atoms with van der Waals surface area (Å²) in [6, 6.07) is -0.623. The first-order valence-corrected chi connectivity index (χ1v) is 4.92. The number of amides is 1. The van der Waals surface area contributed by atoms with Crippen LogP contribution in [-0.2, 0) is 9.59 Å². The molecule has 0 aliphatic rings. The minimum Gasteiger partial charge on any atom is -0.479 e. The second kappa shape index (κ2) is 4.91. The Hall–Kier alpha value is -1.96. The van der Waals surface area contributed by atoms with Crippen LogP contribution in [0.25, 0.3) is 0 Å². The average Bonchev–Trinajstić information content (AvgIpc) is 2.78. The zero-order valence-corrected chi connectivity index (χ0v) is 9.49. The highest BCUT2D eigenvalue weighted by Gasteiger charge is 2.31. The molecule has 1 heterocycles. The van der Waals surface area contributed by atoms with Gasteiger partial charge in [-0.15, -0.1) is 0 Å². The Kier molecular flexibility index (Phi) is 3.79. The molecule has 0 spiro atoms. The van der Waals surface area contributed by atoms with Crippen molar-refractivity contribution >= 4 is 11.9 Å². The molecule has 1 amide bonds. The maximum Gasteiger partial charge on any atom is 0.337 e. The number of aliphatic hydroxyl groups is 1. The number of carbonyl (C=O) groups excluding carboxylic acids is 1. The highest BCUT2D eigenvalue weighted by atomic mass is 16.4. The molecule has 0 saturated carbocycles. The fourth-order valence-electron chi connectivity index (χ4n) is 1.02. The van der Waals surface area contributed by atoms with Crippen LogP contribution in [0.15, 0.2) is 12.7 Å². The summed E-state index contributed by atoms with van der Waals surface area (Å²) in [4.78, 5) is 25.9. The third-order valence-corrected chi connectivity index (χ3v) is 2.28. The highest BCUT2D eigenvalue weighted by Crippen LogP contribution is 2.04. The Bertz CT molecular complexity index is 401. The van der Waals surface area contributed by atoms with Crippen LogP contribution in [0, 0.1) is 0 Å². The van der Waals surface area contributed by atoms with Crippen molar-refractivity contribution in [2.45, 2.75) is 25.5 Å². The number of hydrogen-bond acceptors (Lipinski definition) is 5. The van der Waals surface area contributed by atoms with Gasteiger partial charge in [-0.3, -0.25) is 4.79 Å². The maximum absolute atomic E-state index is 11.6. The molecule has 8 nitrogen and oxygen atoms in total. The smallest absolute Gasteiger partial charge is 0.337 e. The van der Waals surface area contributed by atoms with E-state index in [0.29, 0.717) is 0 Å². The summed E-state index contributed by atoms with van der Waals surface area (Å²) in [6.07, 6.45) is 2.66. The van der Waals surface area contributed by atoms with E-state index in [2.05, 4.69) is 15.4 Å². The fourth-order valence-corrected chi connectivity index (χ4v) is 1.02. The quantitative estimate of drug-likeness (QED) is 0.596. The normalized spacial score (nSPS) is 15.9. The van der Waals surface area contributed by atoms with E-state index >= 15 is 0 Å². The molecule has 1 aromatic heterocycles. The van der Waals surface area contributed by atoms with Crippen LogP contribution in [0.4, 0.5) is 0 Å². The average molecular weight is 242 g/mol. The molecular formula is C9H14N4O4. The molecule has 2 unspecified atom stereocenters. The molecule has 1 aromatic rings. The second-order valence-corrected chi connectivity index (χ2v) is 3.85. The van der Waals surface area contributed by atoms with Crippen LogP contribution in [-0.4, -0.2) is 49.0 Å². The molecule has 0 bridgehead atoms. The first kappa shape index (κ1) is 13.1. The Morgan fingerprint density at radius 3 is 2.71 bits per heavy atom. The Labute approximate surface area is 97.3 Å². The lowest BCUT2D eigenvalue weighted by molar-refractivity contribution is -0.156. The van der Waals surface area contributed by atoms with E-state index in [1.165, 1.54) is 17.3 Å². The molecule has 0 fully saturated rings. The fraction of sp³-hybridized carbons (Fsp3) is 0.556. The van der Waals surface area contributed by atoms with E-state index in [4.69, 9.17) is 5.11 Å². The molecule has 0 aromatic carbocycles. The van der Waals surface area contributed by atoms with E-state index in [1.807, 2.05) is 0 Å². The number of carbonyl (C=O) groups is 2. The van der Waals surface area contributed by atoms with E-state index in [-0.39, 0.29) is 6.54 Å². The van der Waals surface area contributed by atoms with Crippen LogP contribution in [0.2, 0.25) is 0 Å². The summed E-state index contributed by atoms with van der Waals surface area (Å²) in [5.74, 6) is -1.84. The van der Waals surface area contributed by atoms with Gasteiger partial charge < -0.3 is 15.5 Å². The molecule has 0 aliphatic carbocycles. The van der Waals surface area contributed by atoms with E-state index < -0.39 is 23.5 Å². The maximum atomic E-state index is 11.6. The Morgan fingerprint density at radius 1 is 1.59 bits per heavy atom. The van der Waals surface area contributed by atoms with Crippen LogP contribution >= 0.6 is 0 Å². The first-order valence-electron chi connectivity index (χ1n) is 4.92. The van der Waals surface area contributed by atoms with Gasteiger partial charge in [0.1, 0.15) is 18.7 Å². The number of nitrogens with zero attached hydrogens (tertiary/aromatic N) is 3. The predicted molar refractivity (Wildman–Crippen MR) is 56.0 cm³/mol. The Balaban J connectivity index is 2.54. The van der Waals surface area contributed by atoms with Crippen molar-refractivity contribution in [1.29, 1.82) is 0 Å². The third kappa shape index (κ3) is 3.25. The summed E-state index contributed by atoms with van der Waals surface area (Å²) >= 11 is 0. The molecule has 17 heavy (non-hydrogen) atoms. The van der Waals surface area contributed by atoms with Gasteiger partial charge in [0.15, 0.2) is 5.60 Å². The van der Waals surface area contributed by atoms with Gasteiger partial charge in [0.05, 0.1) is 6.54 Å². The molecule has 0 radical (unpaired) electrons. The van der Waals surface area contributed by atoms with Gasteiger partial charge in [-0.2, -0.15) is 5.10 Å². The number of rotatable bonds is 5. The summed E-state index contributed by atoms with van der Waals surface area (Å²) in [7, 11) is 0. The summed E-state index contributed by atoms with van der Waals surface area (Å²) < 4.78 is 1.32. The van der Waals surface area contributed by atoms with Crippen LogP contribution < -0.4 is 5.32 Å². The van der Waals surface area contributed by atoms with Crippen molar-refractivity contribution in [2.75, 3.05) is 6.54 Å². The van der Waals surface area contributed by atoms with Gasteiger partial charge in [0.2, 0.25) is 5.91 Å². The number of nitrogens with one attached hydrogen (secondary N) is 1. The van der Waals surface area contributed by atoms with E-state index in [1.54, 1.807) is 6.92 Å². The monoisotopic (exact) mass is 242 g/mol. The topological polar surface area (TPSA) is 117 Å². The largest absolute Gasteiger partial charge is 0.479 e. The van der Waals surface area contributed by atoms with Gasteiger partial charge >= 0.3 is 5.97 Å². The molecule has 2 atom stereocenters. The van der Waals surface area contributed by atoms with Crippen LogP contribution in [0.1, 0.15) is 19.9 Å². The van der Waals surface area contributed by atoms with Crippen molar-refractivity contribution in [1.82, 2.24) is 20.1 Å². The minimum absolute atomic E-state index is 0.375. The molecule has 0 saturated heterocycles. The van der Waals surface area contributed by atoms with Crippen molar-refractivity contribution in [2.24, 2.45) is 0 Å². The number of carboxylic acids is 1. The summed E-state index contributed by atoms with van der Waals surface area (Å²) in [6.45, 7) is 2.31. The van der Waals surface area contributed by atoms with Crippen LogP contribution in [0.3, 0.4) is 0 Å². The summed E-state index contributed by atoms with van der Waals surface area (Å²) in [5, 5.41) is 24.2. The third-order valence-electron chi connectivity index (χ3n) is 2.28. The van der Waals surface area contributed by atoms with Gasteiger partial charge in [0.25, 0.3) is 0 Å². The minimum atomic E-state index is -1.99. The lowest BCUT2D eigenvalue weighted by Crippen LogP contribution is -2.47. The number of hydrogen-bond donors (Lipinski definition) is 3. The number of carboxylic acid groups (broad SMARTS) is 1. The summed E-state index contributed by atoms with van der Waals surface area (Å²) in [5.41, 5.74) is -1.99. The predicted octanol–water partition coefficient (Wildman–Crippen LogP) is -1.21. The molecule has 0 aliphatic heterocycles. The van der Waals surface area contributed by atoms with Crippen LogP contribution in [0.5, 0.6) is 0 Å². The zero-order chi connectivity index (χ0) is 13.1. The lowest BCUT2D eigenvalue weighted by atomic mass is 10.1. The molecular weight excluding hydrogens is 228 g/mol. The number of aliphatic carboxylic acids is 1. The van der Waals surface area contributed by atoms with E-state index in [0.717, 1.165) is 6.92 Å². The van der Waals surface area contributed by atoms with Gasteiger partial charge in [-0.05, 0) is 13.8 Å². The van der Waals surface area contributed by atoms with Gasteiger partial charge in [0, 0.05) is 0 Å². The number of aromatic nitrogens is 3. The highest BCUT2D eigenvalue weighted by molar-refractivity contribution is 5.82. The van der Waals surface area contributed by atoms with Crippen molar-refractivity contribution < 1.29 is 19.8 Å². The molecule has 94 valence electrons. The standard InChI is InChI=1S/C9H14N4O4/c1-6(13-5-10-4-12-13)7(14)11-3-9(2,17)8(15)16/h4-6,17H,3H2,1-2H3,(H,11,14)(H,15,16). The van der Waals surface area contributed by atoms with Crippen molar-refractivity contribution in [3.63, 3.8) is 0 Å². The zero-order valence-electron chi connectivity index (χ0n) is 9.49. The second-order valence-electron chi connectivity index (χ2n) is 3.85. The lowest BCUT2D eigenvalue weighted by Gasteiger charge is -2.19. The molecule has 3 N–H and O–H groups in total. The molecule has 8 heteroatoms. The Morgan fingerprint density at radius 2 is 2.24 bits per heavy atom. The van der Waals surface area contributed by atoms with Crippen molar-refractivity contribution in [3.05, 3.63) is 12.7 Å². The van der Waals surface area contributed by atoms with Crippen molar-refractivity contribution in [3.8, 4) is 0 Å². The van der Waals surface area contributed by atoms with E-state index in [9.17, 15) is 14.7 Å². The first-order chi connectivity index (χ1) is 7.84. The SMILES string of the molecule is CC(C(=O)NCC(C)(O)C(=O)O)n1cncn1. The van der Waals surface area contributed by atoms with Gasteiger partial charge in [-0.1, -0.05) is 0 Å². The molecule has 1 rings (SSSR count).